The molecule has 0 aliphatic carbocycles. The molecule has 2 saturated heterocycles. The lowest BCUT2D eigenvalue weighted by Gasteiger charge is -2.28. The van der Waals surface area contributed by atoms with E-state index in [2.05, 4.69) is 4.90 Å². The van der Waals surface area contributed by atoms with Crippen molar-refractivity contribution in [2.45, 2.75) is 31.4 Å². The van der Waals surface area contributed by atoms with Gasteiger partial charge < -0.3 is 19.3 Å². The molecule has 0 saturated carbocycles. The van der Waals surface area contributed by atoms with Crippen molar-refractivity contribution < 1.29 is 14.3 Å². The molecule has 2 aliphatic rings. The second-order valence-electron chi connectivity index (χ2n) is 6.44. The van der Waals surface area contributed by atoms with Gasteiger partial charge in [-0.25, -0.2) is 0 Å². The summed E-state index contributed by atoms with van der Waals surface area (Å²) in [6.45, 7) is 3.92. The van der Waals surface area contributed by atoms with Crippen LogP contribution in [-0.4, -0.2) is 68.3 Å². The predicted octanol–water partition coefficient (Wildman–Crippen LogP) is 2.02. The van der Waals surface area contributed by atoms with Gasteiger partial charge in [-0.3, -0.25) is 4.79 Å². The van der Waals surface area contributed by atoms with Crippen LogP contribution in [0.4, 0.5) is 0 Å². The first-order valence-corrected chi connectivity index (χ1v) is 8.41. The minimum Gasteiger partial charge on any atom is -0.497 e. The third-order valence-corrected chi connectivity index (χ3v) is 4.95. The molecule has 0 radical (unpaired) electrons. The monoisotopic (exact) mass is 318 g/mol. The number of hydrogen-bond donors (Lipinski definition) is 0. The van der Waals surface area contributed by atoms with Crippen molar-refractivity contribution in [3.8, 4) is 5.75 Å². The van der Waals surface area contributed by atoms with Crippen LogP contribution >= 0.6 is 0 Å². The summed E-state index contributed by atoms with van der Waals surface area (Å²) >= 11 is 0. The van der Waals surface area contributed by atoms with Crippen LogP contribution in [0.5, 0.6) is 5.75 Å². The minimum atomic E-state index is 0.0765. The Morgan fingerprint density at radius 1 is 1.26 bits per heavy atom. The molecule has 1 aromatic carbocycles. The van der Waals surface area contributed by atoms with Gasteiger partial charge in [-0.05, 0) is 50.6 Å². The van der Waals surface area contributed by atoms with Crippen LogP contribution < -0.4 is 4.74 Å². The van der Waals surface area contributed by atoms with Crippen LogP contribution in [0.25, 0.3) is 0 Å². The predicted molar refractivity (Wildman–Crippen MR) is 88.9 cm³/mol. The lowest BCUT2D eigenvalue weighted by atomic mass is 10.1. The summed E-state index contributed by atoms with van der Waals surface area (Å²) in [7, 11) is 3.35. The lowest BCUT2D eigenvalue weighted by Crippen LogP contribution is -2.42. The van der Waals surface area contributed by atoms with E-state index < -0.39 is 0 Å². The zero-order chi connectivity index (χ0) is 16.2. The number of nitrogens with zero attached hydrogens (tertiary/aromatic N) is 2. The molecular weight excluding hydrogens is 292 g/mol. The Labute approximate surface area is 138 Å². The highest BCUT2D eigenvalue weighted by Crippen LogP contribution is 2.25. The van der Waals surface area contributed by atoms with Crippen molar-refractivity contribution in [2.75, 3.05) is 40.4 Å². The van der Waals surface area contributed by atoms with E-state index in [1.54, 1.807) is 14.2 Å². The summed E-state index contributed by atoms with van der Waals surface area (Å²) in [5.74, 6) is 0.794. The van der Waals surface area contributed by atoms with Gasteiger partial charge in [0.05, 0.1) is 13.2 Å². The van der Waals surface area contributed by atoms with Crippen LogP contribution in [-0.2, 0) is 4.74 Å². The largest absolute Gasteiger partial charge is 0.497 e. The minimum absolute atomic E-state index is 0.0765. The fourth-order valence-electron chi connectivity index (χ4n) is 3.65. The number of carbonyl (C=O) groups is 1. The van der Waals surface area contributed by atoms with Gasteiger partial charge in [-0.1, -0.05) is 6.07 Å². The molecule has 126 valence electrons. The van der Waals surface area contributed by atoms with E-state index in [1.165, 1.54) is 12.8 Å². The van der Waals surface area contributed by atoms with Gasteiger partial charge >= 0.3 is 0 Å². The fourth-order valence-corrected chi connectivity index (χ4v) is 3.65. The molecule has 23 heavy (non-hydrogen) atoms. The average molecular weight is 318 g/mol. The van der Waals surface area contributed by atoms with E-state index in [-0.39, 0.29) is 18.1 Å². The standard InChI is InChI=1S/C18H26N2O3/c1-22-16-7-5-6-14(10-16)18(21)20-13-17(23-2)11-15(20)12-19-8-3-4-9-19/h5-7,10,15,17H,3-4,8-9,11-13H2,1-2H3/t15-,17-/m0/s1. The molecule has 2 heterocycles. The number of methoxy groups -OCH3 is 2. The summed E-state index contributed by atoms with van der Waals surface area (Å²) in [6.07, 6.45) is 3.59. The van der Waals surface area contributed by atoms with E-state index >= 15 is 0 Å². The molecule has 0 bridgehead atoms. The van der Waals surface area contributed by atoms with Gasteiger partial charge in [0.2, 0.25) is 0 Å². The molecule has 1 amide bonds. The number of ether oxygens (including phenoxy) is 2. The summed E-state index contributed by atoms with van der Waals surface area (Å²) in [4.78, 5) is 17.4. The van der Waals surface area contributed by atoms with E-state index in [0.717, 1.165) is 31.8 Å². The van der Waals surface area contributed by atoms with Crippen molar-refractivity contribution >= 4 is 5.91 Å². The Hall–Kier alpha value is -1.59. The molecule has 1 aromatic rings. The van der Waals surface area contributed by atoms with Crippen molar-refractivity contribution in [3.05, 3.63) is 29.8 Å². The Kier molecular flexibility index (Phi) is 5.18. The SMILES string of the molecule is COc1cccc(C(=O)N2C[C@@H](OC)C[C@H]2CN2CCCC2)c1. The van der Waals surface area contributed by atoms with Crippen LogP contribution in [0.3, 0.4) is 0 Å². The molecule has 5 nitrogen and oxygen atoms in total. The first-order chi connectivity index (χ1) is 11.2. The molecule has 0 unspecified atom stereocenters. The highest BCUT2D eigenvalue weighted by atomic mass is 16.5. The second kappa shape index (κ2) is 7.32. The molecular formula is C18H26N2O3. The molecule has 5 heteroatoms. The van der Waals surface area contributed by atoms with Gasteiger partial charge in [0.1, 0.15) is 5.75 Å². The lowest BCUT2D eigenvalue weighted by molar-refractivity contribution is 0.0670. The van der Waals surface area contributed by atoms with Gasteiger partial charge in [-0.15, -0.1) is 0 Å². The number of rotatable bonds is 5. The zero-order valence-electron chi connectivity index (χ0n) is 14.0. The second-order valence-corrected chi connectivity index (χ2v) is 6.44. The summed E-state index contributed by atoms with van der Waals surface area (Å²) in [5, 5.41) is 0. The smallest absolute Gasteiger partial charge is 0.254 e. The van der Waals surface area contributed by atoms with E-state index in [9.17, 15) is 4.79 Å². The van der Waals surface area contributed by atoms with Crippen LogP contribution in [0, 0.1) is 0 Å². The Balaban J connectivity index is 1.74. The topological polar surface area (TPSA) is 42.0 Å². The first-order valence-electron chi connectivity index (χ1n) is 8.41. The zero-order valence-corrected chi connectivity index (χ0v) is 14.0. The molecule has 0 aromatic heterocycles. The number of carbonyl (C=O) groups excluding carboxylic acids is 1. The van der Waals surface area contributed by atoms with Crippen molar-refractivity contribution in [1.82, 2.24) is 9.80 Å². The quantitative estimate of drug-likeness (QED) is 0.833. The van der Waals surface area contributed by atoms with Gasteiger partial charge in [0.25, 0.3) is 5.91 Å². The molecule has 0 spiro atoms. The molecule has 2 aliphatic heterocycles. The Morgan fingerprint density at radius 2 is 2.04 bits per heavy atom. The highest BCUT2D eigenvalue weighted by molar-refractivity contribution is 5.95. The summed E-state index contributed by atoms with van der Waals surface area (Å²) < 4.78 is 10.8. The third-order valence-electron chi connectivity index (χ3n) is 4.95. The maximum Gasteiger partial charge on any atom is 0.254 e. The van der Waals surface area contributed by atoms with Gasteiger partial charge in [-0.2, -0.15) is 0 Å². The van der Waals surface area contributed by atoms with Crippen molar-refractivity contribution in [1.29, 1.82) is 0 Å². The summed E-state index contributed by atoms with van der Waals surface area (Å²) in [6, 6.07) is 7.64. The third kappa shape index (κ3) is 3.67. The average Bonchev–Trinajstić information content (AvgIpc) is 3.24. The fraction of sp³-hybridized carbons (Fsp3) is 0.611. The van der Waals surface area contributed by atoms with Crippen LogP contribution in [0.1, 0.15) is 29.6 Å². The Morgan fingerprint density at radius 3 is 2.74 bits per heavy atom. The van der Waals surface area contributed by atoms with E-state index in [1.807, 2.05) is 29.2 Å². The maximum atomic E-state index is 13.0. The normalized spacial score (nSPS) is 25.0. The van der Waals surface area contributed by atoms with Crippen LogP contribution in [0.2, 0.25) is 0 Å². The number of hydrogen-bond acceptors (Lipinski definition) is 4. The molecule has 2 fully saturated rings. The highest BCUT2D eigenvalue weighted by Gasteiger charge is 2.37. The van der Waals surface area contributed by atoms with Crippen molar-refractivity contribution in [2.24, 2.45) is 0 Å². The molecule has 3 rings (SSSR count). The van der Waals surface area contributed by atoms with Crippen molar-refractivity contribution in [3.63, 3.8) is 0 Å². The maximum absolute atomic E-state index is 13.0. The number of benzene rings is 1. The summed E-state index contributed by atoms with van der Waals surface area (Å²) in [5.41, 5.74) is 0.688. The first kappa shape index (κ1) is 16.3. The number of amides is 1. The van der Waals surface area contributed by atoms with E-state index in [4.69, 9.17) is 9.47 Å². The van der Waals surface area contributed by atoms with Gasteiger partial charge in [0.15, 0.2) is 0 Å². The van der Waals surface area contributed by atoms with Gasteiger partial charge in [0, 0.05) is 31.8 Å². The van der Waals surface area contributed by atoms with E-state index in [0.29, 0.717) is 12.1 Å². The van der Waals surface area contributed by atoms with Crippen LogP contribution in [0.15, 0.2) is 24.3 Å². The number of likely N-dealkylation sites (tertiary alicyclic amines) is 2. The molecule has 2 atom stereocenters. The molecule has 0 N–H and O–H groups in total. The Bertz CT molecular complexity index is 543.